The van der Waals surface area contributed by atoms with E-state index in [9.17, 15) is 18.8 Å². The van der Waals surface area contributed by atoms with Gasteiger partial charge in [-0.25, -0.2) is 4.39 Å². The highest BCUT2D eigenvalue weighted by molar-refractivity contribution is 5.95. The molecule has 0 saturated heterocycles. The van der Waals surface area contributed by atoms with Gasteiger partial charge in [-0.3, -0.25) is 25.2 Å². The molecule has 7 nitrogen and oxygen atoms in total. The van der Waals surface area contributed by atoms with Gasteiger partial charge in [0.2, 0.25) is 5.91 Å². The summed E-state index contributed by atoms with van der Waals surface area (Å²) in [6, 6.07) is 8.56. The van der Waals surface area contributed by atoms with Crippen molar-refractivity contribution in [3.63, 3.8) is 0 Å². The standard InChI is InChI=1S/C16H16FN3O4/c17-12-6-2-1-5-11(12)15(22)20-19-14(21)8-3-9-18-16(23)13-7-4-10-24-13/h1-2,4-7,10H,3,8-9H2,(H,18,23)(H,19,21)(H,20,22). The molecule has 1 aromatic heterocycles. The summed E-state index contributed by atoms with van der Waals surface area (Å²) in [5.74, 6) is -2.05. The Hall–Kier alpha value is -3.16. The van der Waals surface area contributed by atoms with E-state index in [0.717, 1.165) is 6.07 Å². The van der Waals surface area contributed by atoms with Gasteiger partial charge in [0.1, 0.15) is 5.82 Å². The smallest absolute Gasteiger partial charge is 0.286 e. The van der Waals surface area contributed by atoms with Crippen LogP contribution >= 0.6 is 0 Å². The summed E-state index contributed by atoms with van der Waals surface area (Å²) in [7, 11) is 0. The Bertz CT molecular complexity index is 716. The predicted octanol–water partition coefficient (Wildman–Crippen LogP) is 1.39. The second-order valence-corrected chi connectivity index (χ2v) is 4.82. The third-order valence-electron chi connectivity index (χ3n) is 3.05. The van der Waals surface area contributed by atoms with Gasteiger partial charge < -0.3 is 9.73 Å². The molecule has 0 spiro atoms. The summed E-state index contributed by atoms with van der Waals surface area (Å²) in [4.78, 5) is 34.8. The molecule has 0 radical (unpaired) electrons. The average molecular weight is 333 g/mol. The van der Waals surface area contributed by atoms with Crippen LogP contribution in [0.5, 0.6) is 0 Å². The minimum Gasteiger partial charge on any atom is -0.459 e. The number of furan rings is 1. The number of benzene rings is 1. The summed E-state index contributed by atoms with van der Waals surface area (Å²) in [6.07, 6.45) is 1.84. The predicted molar refractivity (Wildman–Crippen MR) is 82.3 cm³/mol. The SMILES string of the molecule is O=C(CCCNC(=O)c1ccco1)NNC(=O)c1ccccc1F. The van der Waals surface area contributed by atoms with E-state index in [1.807, 2.05) is 0 Å². The van der Waals surface area contributed by atoms with Crippen molar-refractivity contribution in [2.24, 2.45) is 0 Å². The van der Waals surface area contributed by atoms with Crippen molar-refractivity contribution in [1.29, 1.82) is 0 Å². The molecular weight excluding hydrogens is 317 g/mol. The van der Waals surface area contributed by atoms with Crippen LogP contribution in [0.3, 0.4) is 0 Å². The van der Waals surface area contributed by atoms with Gasteiger partial charge in [0.25, 0.3) is 11.8 Å². The first-order chi connectivity index (χ1) is 11.6. The van der Waals surface area contributed by atoms with Gasteiger partial charge in [0, 0.05) is 13.0 Å². The van der Waals surface area contributed by atoms with Crippen LogP contribution in [-0.2, 0) is 4.79 Å². The largest absolute Gasteiger partial charge is 0.459 e. The van der Waals surface area contributed by atoms with Crippen LogP contribution in [0, 0.1) is 5.82 Å². The zero-order valence-corrected chi connectivity index (χ0v) is 12.7. The van der Waals surface area contributed by atoms with Crippen LogP contribution in [0.15, 0.2) is 47.1 Å². The number of rotatable bonds is 6. The molecule has 126 valence electrons. The van der Waals surface area contributed by atoms with Gasteiger partial charge >= 0.3 is 0 Å². The number of carbonyl (C=O) groups is 3. The van der Waals surface area contributed by atoms with Gasteiger partial charge in [-0.1, -0.05) is 12.1 Å². The molecule has 1 heterocycles. The van der Waals surface area contributed by atoms with Crippen LogP contribution < -0.4 is 16.2 Å². The summed E-state index contributed by atoms with van der Waals surface area (Å²) in [6.45, 7) is 0.272. The first-order valence-corrected chi connectivity index (χ1v) is 7.23. The van der Waals surface area contributed by atoms with E-state index in [4.69, 9.17) is 4.42 Å². The third kappa shape index (κ3) is 4.94. The van der Waals surface area contributed by atoms with E-state index in [-0.39, 0.29) is 30.2 Å². The fourth-order valence-corrected chi connectivity index (χ4v) is 1.85. The Morgan fingerprint density at radius 3 is 2.50 bits per heavy atom. The number of amides is 3. The molecule has 2 rings (SSSR count). The summed E-state index contributed by atoms with van der Waals surface area (Å²) < 4.78 is 18.3. The zero-order chi connectivity index (χ0) is 17.4. The molecule has 2 aromatic rings. The van der Waals surface area contributed by atoms with Crippen molar-refractivity contribution in [2.75, 3.05) is 6.54 Å². The van der Waals surface area contributed by atoms with Crippen LogP contribution in [0.2, 0.25) is 0 Å². The minimum atomic E-state index is -0.743. The Labute approximate surface area is 137 Å². The highest BCUT2D eigenvalue weighted by Gasteiger charge is 2.12. The quantitative estimate of drug-likeness (QED) is 0.549. The molecule has 0 aliphatic heterocycles. The number of hydrogen-bond donors (Lipinski definition) is 3. The maximum Gasteiger partial charge on any atom is 0.286 e. The zero-order valence-electron chi connectivity index (χ0n) is 12.7. The van der Waals surface area contributed by atoms with Crippen LogP contribution in [-0.4, -0.2) is 24.3 Å². The Kier molecular flexibility index (Phi) is 6.07. The van der Waals surface area contributed by atoms with Crippen molar-refractivity contribution in [1.82, 2.24) is 16.2 Å². The minimum absolute atomic E-state index is 0.0794. The molecule has 24 heavy (non-hydrogen) atoms. The van der Waals surface area contributed by atoms with Crippen molar-refractivity contribution in [2.45, 2.75) is 12.8 Å². The average Bonchev–Trinajstić information content (AvgIpc) is 3.11. The Balaban J connectivity index is 1.64. The van der Waals surface area contributed by atoms with Crippen molar-refractivity contribution in [3.05, 3.63) is 59.8 Å². The lowest BCUT2D eigenvalue weighted by atomic mass is 10.2. The van der Waals surface area contributed by atoms with E-state index < -0.39 is 17.6 Å². The van der Waals surface area contributed by atoms with Crippen molar-refractivity contribution >= 4 is 17.7 Å². The molecule has 3 N–H and O–H groups in total. The lowest BCUT2D eigenvalue weighted by molar-refractivity contribution is -0.121. The van der Waals surface area contributed by atoms with Gasteiger partial charge in [-0.15, -0.1) is 0 Å². The summed E-state index contributed by atoms with van der Waals surface area (Å²) in [5, 5.41) is 2.59. The van der Waals surface area contributed by atoms with Gasteiger partial charge in [-0.2, -0.15) is 0 Å². The van der Waals surface area contributed by atoms with Gasteiger partial charge in [0.15, 0.2) is 5.76 Å². The van der Waals surface area contributed by atoms with Crippen molar-refractivity contribution in [3.8, 4) is 0 Å². The maximum absolute atomic E-state index is 13.4. The molecule has 0 bridgehead atoms. The summed E-state index contributed by atoms with van der Waals surface area (Å²) >= 11 is 0. The van der Waals surface area contributed by atoms with E-state index >= 15 is 0 Å². The number of halogens is 1. The highest BCUT2D eigenvalue weighted by atomic mass is 19.1. The van der Waals surface area contributed by atoms with E-state index in [1.54, 1.807) is 6.07 Å². The first-order valence-electron chi connectivity index (χ1n) is 7.23. The third-order valence-corrected chi connectivity index (χ3v) is 3.05. The van der Waals surface area contributed by atoms with E-state index in [1.165, 1.54) is 30.5 Å². The molecule has 0 aliphatic rings. The molecule has 0 aliphatic carbocycles. The monoisotopic (exact) mass is 333 g/mol. The lowest BCUT2D eigenvalue weighted by Crippen LogP contribution is -2.42. The Morgan fingerprint density at radius 1 is 1.00 bits per heavy atom. The molecule has 0 atom stereocenters. The lowest BCUT2D eigenvalue weighted by Gasteiger charge is -2.08. The van der Waals surface area contributed by atoms with Crippen LogP contribution in [0.1, 0.15) is 33.8 Å². The second-order valence-electron chi connectivity index (χ2n) is 4.82. The molecule has 3 amide bonds. The van der Waals surface area contributed by atoms with E-state index in [0.29, 0.717) is 6.42 Å². The van der Waals surface area contributed by atoms with Gasteiger partial charge in [-0.05, 0) is 30.7 Å². The number of hydrogen-bond acceptors (Lipinski definition) is 4. The fourth-order valence-electron chi connectivity index (χ4n) is 1.85. The normalized spacial score (nSPS) is 10.0. The Morgan fingerprint density at radius 2 is 1.79 bits per heavy atom. The number of hydrazine groups is 1. The van der Waals surface area contributed by atoms with Gasteiger partial charge in [0.05, 0.1) is 11.8 Å². The maximum atomic E-state index is 13.4. The molecule has 0 fully saturated rings. The summed E-state index contributed by atoms with van der Waals surface area (Å²) in [5.41, 5.74) is 4.15. The van der Waals surface area contributed by atoms with Crippen LogP contribution in [0.25, 0.3) is 0 Å². The fraction of sp³-hybridized carbons (Fsp3) is 0.188. The second kappa shape index (κ2) is 8.47. The van der Waals surface area contributed by atoms with Crippen molar-refractivity contribution < 1.29 is 23.2 Å². The number of nitrogens with one attached hydrogen (secondary N) is 3. The van der Waals surface area contributed by atoms with Crippen LogP contribution in [0.4, 0.5) is 4.39 Å². The highest BCUT2D eigenvalue weighted by Crippen LogP contribution is 2.05. The first kappa shape index (κ1) is 17.2. The molecule has 8 heteroatoms. The molecule has 0 unspecified atom stereocenters. The molecule has 0 saturated carbocycles. The number of carbonyl (C=O) groups excluding carboxylic acids is 3. The molecular formula is C16H16FN3O4. The molecule has 1 aromatic carbocycles. The van der Waals surface area contributed by atoms with E-state index in [2.05, 4.69) is 16.2 Å². The topological polar surface area (TPSA) is 100 Å².